The maximum atomic E-state index is 12.7. The Morgan fingerprint density at radius 1 is 1.03 bits per heavy atom. The lowest BCUT2D eigenvalue weighted by atomic mass is 10.1. The predicted molar refractivity (Wildman–Crippen MR) is 116 cm³/mol. The Balaban J connectivity index is 1.77. The molecule has 1 N–H and O–H groups in total. The van der Waals surface area contributed by atoms with Gasteiger partial charge in [0.2, 0.25) is 5.91 Å². The Morgan fingerprint density at radius 3 is 2.32 bits per heavy atom. The number of benzene rings is 2. The van der Waals surface area contributed by atoms with Crippen LogP contribution in [-0.4, -0.2) is 35.4 Å². The third-order valence-corrected chi connectivity index (χ3v) is 4.62. The standard InChI is InChI=1S/C23H23N3O5/c1-4-31-23(29)17-5-9-18(10-6-17)24-22(28)15(2)26-21(27)14-13-20(25-26)16-7-11-19(30-3)12-8-16/h5-15H,4H2,1-3H3,(H,24,28)/t15-/m1/s1. The number of methoxy groups -OCH3 is 1. The number of ether oxygens (including phenoxy) is 2. The summed E-state index contributed by atoms with van der Waals surface area (Å²) in [6.07, 6.45) is 0. The molecular formula is C23H23N3O5. The van der Waals surface area contributed by atoms with Gasteiger partial charge in [0.1, 0.15) is 11.8 Å². The molecule has 2 aromatic carbocycles. The SMILES string of the molecule is CCOC(=O)c1ccc(NC(=O)[C@@H](C)n2nc(-c3ccc(OC)cc3)ccc2=O)cc1. The third kappa shape index (κ3) is 5.16. The summed E-state index contributed by atoms with van der Waals surface area (Å²) in [7, 11) is 1.58. The van der Waals surface area contributed by atoms with Crippen molar-refractivity contribution in [2.75, 3.05) is 19.0 Å². The first kappa shape index (κ1) is 21.8. The van der Waals surface area contributed by atoms with E-state index < -0.39 is 23.5 Å². The van der Waals surface area contributed by atoms with E-state index in [1.807, 2.05) is 12.1 Å². The van der Waals surface area contributed by atoms with Crippen LogP contribution in [0.2, 0.25) is 0 Å². The molecule has 31 heavy (non-hydrogen) atoms. The largest absolute Gasteiger partial charge is 0.497 e. The zero-order valence-electron chi connectivity index (χ0n) is 17.5. The van der Waals surface area contributed by atoms with Crippen LogP contribution in [0.4, 0.5) is 5.69 Å². The number of nitrogens with one attached hydrogen (secondary N) is 1. The van der Waals surface area contributed by atoms with Crippen molar-refractivity contribution >= 4 is 17.6 Å². The predicted octanol–water partition coefficient (Wildman–Crippen LogP) is 3.30. The van der Waals surface area contributed by atoms with E-state index >= 15 is 0 Å². The second-order valence-corrected chi connectivity index (χ2v) is 6.69. The summed E-state index contributed by atoms with van der Waals surface area (Å²) in [4.78, 5) is 36.8. The summed E-state index contributed by atoms with van der Waals surface area (Å²) < 4.78 is 11.2. The van der Waals surface area contributed by atoms with E-state index in [2.05, 4.69) is 10.4 Å². The Hall–Kier alpha value is -3.94. The molecule has 0 aliphatic rings. The average Bonchev–Trinajstić information content (AvgIpc) is 2.79. The second-order valence-electron chi connectivity index (χ2n) is 6.69. The fourth-order valence-electron chi connectivity index (χ4n) is 2.88. The van der Waals surface area contributed by atoms with Crippen LogP contribution < -0.4 is 15.6 Å². The van der Waals surface area contributed by atoms with Crippen molar-refractivity contribution in [3.05, 3.63) is 76.6 Å². The lowest BCUT2D eigenvalue weighted by Crippen LogP contribution is -2.33. The van der Waals surface area contributed by atoms with Crippen LogP contribution in [0.15, 0.2) is 65.5 Å². The Morgan fingerprint density at radius 2 is 1.71 bits per heavy atom. The molecular weight excluding hydrogens is 398 g/mol. The van der Waals surface area contributed by atoms with Gasteiger partial charge in [-0.1, -0.05) is 0 Å². The number of anilines is 1. The summed E-state index contributed by atoms with van der Waals surface area (Å²) >= 11 is 0. The van der Waals surface area contributed by atoms with E-state index in [1.165, 1.54) is 6.07 Å². The van der Waals surface area contributed by atoms with Gasteiger partial charge >= 0.3 is 5.97 Å². The Labute approximate surface area is 179 Å². The Kier molecular flexibility index (Phi) is 6.81. The first-order chi connectivity index (χ1) is 14.9. The van der Waals surface area contributed by atoms with Crippen molar-refractivity contribution < 1.29 is 19.1 Å². The summed E-state index contributed by atoms with van der Waals surface area (Å²) in [5, 5.41) is 7.09. The number of nitrogens with zero attached hydrogens (tertiary/aromatic N) is 2. The molecule has 3 aromatic rings. The van der Waals surface area contributed by atoms with Crippen molar-refractivity contribution in [3.63, 3.8) is 0 Å². The summed E-state index contributed by atoms with van der Waals surface area (Å²) in [6.45, 7) is 3.61. The van der Waals surface area contributed by atoms with Crippen molar-refractivity contribution in [1.82, 2.24) is 9.78 Å². The molecule has 0 aliphatic carbocycles. The van der Waals surface area contributed by atoms with Crippen molar-refractivity contribution in [3.8, 4) is 17.0 Å². The molecule has 0 unspecified atom stereocenters. The minimum Gasteiger partial charge on any atom is -0.497 e. The first-order valence-electron chi connectivity index (χ1n) is 9.75. The molecule has 1 amide bonds. The van der Waals surface area contributed by atoms with Gasteiger partial charge in [-0.2, -0.15) is 5.10 Å². The van der Waals surface area contributed by atoms with Crippen LogP contribution >= 0.6 is 0 Å². The van der Waals surface area contributed by atoms with Crippen LogP contribution in [0.25, 0.3) is 11.3 Å². The highest BCUT2D eigenvalue weighted by molar-refractivity contribution is 5.94. The van der Waals surface area contributed by atoms with Gasteiger partial charge in [0.25, 0.3) is 5.56 Å². The zero-order valence-corrected chi connectivity index (χ0v) is 17.5. The molecule has 8 nitrogen and oxygen atoms in total. The smallest absolute Gasteiger partial charge is 0.338 e. The quantitative estimate of drug-likeness (QED) is 0.588. The molecule has 1 aromatic heterocycles. The lowest BCUT2D eigenvalue weighted by Gasteiger charge is -2.15. The van der Waals surface area contributed by atoms with Crippen LogP contribution in [0.5, 0.6) is 5.75 Å². The number of hydrogen-bond donors (Lipinski definition) is 1. The molecule has 1 heterocycles. The zero-order chi connectivity index (χ0) is 22.4. The number of carbonyl (C=O) groups excluding carboxylic acids is 2. The number of amides is 1. The number of esters is 1. The van der Waals surface area contributed by atoms with E-state index in [1.54, 1.807) is 63.4 Å². The molecule has 0 radical (unpaired) electrons. The van der Waals surface area contributed by atoms with Gasteiger partial charge in [-0.05, 0) is 68.4 Å². The first-order valence-corrected chi connectivity index (χ1v) is 9.75. The highest BCUT2D eigenvalue weighted by Gasteiger charge is 2.18. The van der Waals surface area contributed by atoms with Gasteiger partial charge in [0, 0.05) is 17.3 Å². The van der Waals surface area contributed by atoms with E-state index in [9.17, 15) is 14.4 Å². The van der Waals surface area contributed by atoms with Crippen LogP contribution in [0, 0.1) is 0 Å². The monoisotopic (exact) mass is 421 g/mol. The highest BCUT2D eigenvalue weighted by Crippen LogP contribution is 2.20. The summed E-state index contributed by atoms with van der Waals surface area (Å²) in [5.74, 6) is -0.135. The lowest BCUT2D eigenvalue weighted by molar-refractivity contribution is -0.119. The number of rotatable bonds is 7. The van der Waals surface area contributed by atoms with Gasteiger partial charge in [0.15, 0.2) is 0 Å². The molecule has 3 rings (SSSR count). The molecule has 8 heteroatoms. The van der Waals surface area contributed by atoms with E-state index in [-0.39, 0.29) is 6.61 Å². The maximum Gasteiger partial charge on any atom is 0.338 e. The molecule has 0 bridgehead atoms. The van der Waals surface area contributed by atoms with Crippen LogP contribution in [0.3, 0.4) is 0 Å². The Bertz CT molecular complexity index is 1120. The molecule has 0 aliphatic heterocycles. The number of hydrogen-bond acceptors (Lipinski definition) is 6. The van der Waals surface area contributed by atoms with Gasteiger partial charge in [0.05, 0.1) is 25.0 Å². The van der Waals surface area contributed by atoms with Gasteiger partial charge in [-0.15, -0.1) is 0 Å². The minimum absolute atomic E-state index is 0.284. The van der Waals surface area contributed by atoms with E-state index in [0.717, 1.165) is 10.2 Å². The number of carbonyl (C=O) groups is 2. The molecule has 160 valence electrons. The summed E-state index contributed by atoms with van der Waals surface area (Å²) in [5.41, 5.74) is 1.83. The van der Waals surface area contributed by atoms with Gasteiger partial charge in [-0.3, -0.25) is 9.59 Å². The molecule has 1 atom stereocenters. The topological polar surface area (TPSA) is 99.5 Å². The molecule has 0 fully saturated rings. The fourth-order valence-corrected chi connectivity index (χ4v) is 2.88. The maximum absolute atomic E-state index is 12.7. The number of aromatic nitrogens is 2. The van der Waals surface area contributed by atoms with E-state index in [0.29, 0.717) is 22.7 Å². The van der Waals surface area contributed by atoms with Gasteiger partial charge < -0.3 is 14.8 Å². The second kappa shape index (κ2) is 9.71. The summed E-state index contributed by atoms with van der Waals surface area (Å²) in [6, 6.07) is 15.7. The van der Waals surface area contributed by atoms with Crippen LogP contribution in [0.1, 0.15) is 30.2 Å². The molecule has 0 spiro atoms. The van der Waals surface area contributed by atoms with Crippen molar-refractivity contribution in [1.29, 1.82) is 0 Å². The van der Waals surface area contributed by atoms with Crippen LogP contribution in [-0.2, 0) is 9.53 Å². The minimum atomic E-state index is -0.851. The van der Waals surface area contributed by atoms with Crippen molar-refractivity contribution in [2.24, 2.45) is 0 Å². The van der Waals surface area contributed by atoms with Gasteiger partial charge in [-0.25, -0.2) is 9.48 Å². The van der Waals surface area contributed by atoms with Crippen molar-refractivity contribution in [2.45, 2.75) is 19.9 Å². The molecule has 0 saturated carbocycles. The molecule has 0 saturated heterocycles. The highest BCUT2D eigenvalue weighted by atomic mass is 16.5. The van der Waals surface area contributed by atoms with E-state index in [4.69, 9.17) is 9.47 Å². The fraction of sp³-hybridized carbons (Fsp3) is 0.217. The average molecular weight is 421 g/mol. The normalized spacial score (nSPS) is 11.5. The third-order valence-electron chi connectivity index (χ3n) is 4.62.